The first-order valence-corrected chi connectivity index (χ1v) is 4.69. The lowest BCUT2D eigenvalue weighted by Crippen LogP contribution is -2.46. The number of H-pyrrole nitrogens is 1. The quantitative estimate of drug-likeness (QED) is 0.407. The van der Waals surface area contributed by atoms with E-state index < -0.39 is 17.9 Å². The normalized spacial score (nSPS) is 11.9. The van der Waals surface area contributed by atoms with Crippen LogP contribution in [0.5, 0.6) is 0 Å². The fraction of sp³-hybridized carbons (Fsp3) is 0.500. The van der Waals surface area contributed by atoms with E-state index in [0.29, 0.717) is 5.82 Å². The summed E-state index contributed by atoms with van der Waals surface area (Å²) < 4.78 is 4.60. The van der Waals surface area contributed by atoms with E-state index in [1.165, 1.54) is 6.33 Å². The second-order valence-corrected chi connectivity index (χ2v) is 2.88. The van der Waals surface area contributed by atoms with Gasteiger partial charge in [-0.15, -0.1) is 0 Å². The van der Waals surface area contributed by atoms with Crippen LogP contribution >= 0.6 is 0 Å². The van der Waals surface area contributed by atoms with Crippen LogP contribution in [0, 0.1) is 0 Å². The fourth-order valence-electron chi connectivity index (χ4n) is 0.936. The van der Waals surface area contributed by atoms with Gasteiger partial charge in [0.1, 0.15) is 12.2 Å². The van der Waals surface area contributed by atoms with Gasteiger partial charge in [0.15, 0.2) is 6.04 Å². The van der Waals surface area contributed by atoms with Crippen molar-refractivity contribution >= 4 is 11.9 Å². The first kappa shape index (κ1) is 12.1. The molecule has 0 saturated heterocycles. The third-order valence-corrected chi connectivity index (χ3v) is 1.72. The predicted molar refractivity (Wildman–Crippen MR) is 52.8 cm³/mol. The van der Waals surface area contributed by atoms with Crippen molar-refractivity contribution in [1.82, 2.24) is 20.5 Å². The van der Waals surface area contributed by atoms with Crippen LogP contribution in [-0.2, 0) is 20.9 Å². The highest BCUT2D eigenvalue weighted by Gasteiger charge is 2.22. The van der Waals surface area contributed by atoms with E-state index in [9.17, 15) is 9.59 Å². The summed E-state index contributed by atoms with van der Waals surface area (Å²) in [6.07, 6.45) is 1.31. The molecule has 0 aliphatic carbocycles. The molecule has 1 aromatic rings. The Morgan fingerprint density at radius 3 is 3.00 bits per heavy atom. The van der Waals surface area contributed by atoms with E-state index in [1.54, 1.807) is 6.92 Å². The molecule has 0 bridgehead atoms. The molecule has 88 valence electrons. The number of carbonyl (C=O) groups excluding carboxylic acids is 2. The summed E-state index contributed by atoms with van der Waals surface area (Å²) in [5.41, 5.74) is 5.35. The highest BCUT2D eigenvalue weighted by atomic mass is 16.5. The Morgan fingerprint density at radius 2 is 2.44 bits per heavy atom. The van der Waals surface area contributed by atoms with Crippen molar-refractivity contribution in [2.75, 3.05) is 6.61 Å². The number of nitrogens with two attached hydrogens (primary N) is 1. The molecule has 16 heavy (non-hydrogen) atoms. The number of nitrogens with one attached hydrogen (secondary N) is 2. The van der Waals surface area contributed by atoms with Crippen molar-refractivity contribution in [3.8, 4) is 0 Å². The Hall–Kier alpha value is -1.96. The molecule has 0 aliphatic heterocycles. The summed E-state index contributed by atoms with van der Waals surface area (Å²) in [5.74, 6) is -0.892. The van der Waals surface area contributed by atoms with Gasteiger partial charge >= 0.3 is 5.97 Å². The SMILES string of the molecule is CCOC(=O)C(N)C(=O)NCc1ncn[nH]1. The number of amides is 1. The Labute approximate surface area is 91.6 Å². The third-order valence-electron chi connectivity index (χ3n) is 1.72. The van der Waals surface area contributed by atoms with Crippen LogP contribution in [0.1, 0.15) is 12.7 Å². The summed E-state index contributed by atoms with van der Waals surface area (Å²) in [5, 5.41) is 8.58. The largest absolute Gasteiger partial charge is 0.464 e. The second-order valence-electron chi connectivity index (χ2n) is 2.88. The molecule has 0 saturated carbocycles. The highest BCUT2D eigenvalue weighted by molar-refractivity contribution is 6.01. The molecular weight excluding hydrogens is 214 g/mol. The van der Waals surface area contributed by atoms with Crippen molar-refractivity contribution in [3.63, 3.8) is 0 Å². The molecular formula is C8H13N5O3. The number of carbonyl (C=O) groups is 2. The van der Waals surface area contributed by atoms with Gasteiger partial charge in [-0.05, 0) is 6.92 Å². The van der Waals surface area contributed by atoms with Gasteiger partial charge in [0.25, 0.3) is 0 Å². The van der Waals surface area contributed by atoms with Gasteiger partial charge in [-0.2, -0.15) is 5.10 Å². The Bertz CT molecular complexity index is 351. The van der Waals surface area contributed by atoms with Crippen LogP contribution in [0.3, 0.4) is 0 Å². The average Bonchev–Trinajstić information content (AvgIpc) is 2.78. The standard InChI is InChI=1S/C8H13N5O3/c1-2-16-8(15)6(9)7(14)10-3-5-11-4-12-13-5/h4,6H,2-3,9H2,1H3,(H,10,14)(H,11,12,13). The average molecular weight is 227 g/mol. The molecule has 1 amide bonds. The molecule has 1 atom stereocenters. The van der Waals surface area contributed by atoms with Crippen molar-refractivity contribution in [1.29, 1.82) is 0 Å². The van der Waals surface area contributed by atoms with Gasteiger partial charge in [0.05, 0.1) is 13.2 Å². The highest BCUT2D eigenvalue weighted by Crippen LogP contribution is 1.89. The molecule has 0 spiro atoms. The minimum absolute atomic E-state index is 0.131. The summed E-state index contributed by atoms with van der Waals surface area (Å²) in [7, 11) is 0. The molecule has 8 nitrogen and oxygen atoms in total. The minimum atomic E-state index is -1.32. The van der Waals surface area contributed by atoms with Crippen LogP contribution in [0.2, 0.25) is 0 Å². The van der Waals surface area contributed by atoms with Crippen LogP contribution in [0.4, 0.5) is 0 Å². The maximum Gasteiger partial charge on any atom is 0.332 e. The Kier molecular flexibility index (Phi) is 4.40. The summed E-state index contributed by atoms with van der Waals surface area (Å²) in [6.45, 7) is 1.95. The maximum absolute atomic E-state index is 11.4. The first-order valence-electron chi connectivity index (χ1n) is 4.69. The Balaban J connectivity index is 2.37. The first-order chi connectivity index (χ1) is 7.65. The number of rotatable bonds is 5. The zero-order valence-electron chi connectivity index (χ0n) is 8.77. The predicted octanol–water partition coefficient (Wildman–Crippen LogP) is -1.69. The lowest BCUT2D eigenvalue weighted by molar-refractivity contribution is -0.148. The summed E-state index contributed by atoms with van der Waals surface area (Å²) >= 11 is 0. The van der Waals surface area contributed by atoms with E-state index >= 15 is 0 Å². The second kappa shape index (κ2) is 5.81. The van der Waals surface area contributed by atoms with Crippen LogP contribution in [-0.4, -0.2) is 39.7 Å². The van der Waals surface area contributed by atoms with Crippen LogP contribution < -0.4 is 11.1 Å². The molecule has 0 fully saturated rings. The Morgan fingerprint density at radius 1 is 1.69 bits per heavy atom. The van der Waals surface area contributed by atoms with Gasteiger partial charge in [0.2, 0.25) is 5.91 Å². The van der Waals surface area contributed by atoms with Crippen molar-refractivity contribution in [3.05, 3.63) is 12.2 Å². The minimum Gasteiger partial charge on any atom is -0.464 e. The molecule has 4 N–H and O–H groups in total. The number of ether oxygens (including phenoxy) is 1. The smallest absolute Gasteiger partial charge is 0.332 e. The van der Waals surface area contributed by atoms with Crippen molar-refractivity contribution in [2.24, 2.45) is 5.73 Å². The number of hydrogen-bond donors (Lipinski definition) is 3. The molecule has 0 aromatic carbocycles. The van der Waals surface area contributed by atoms with Crippen LogP contribution in [0.15, 0.2) is 6.33 Å². The van der Waals surface area contributed by atoms with Gasteiger partial charge < -0.3 is 15.8 Å². The number of nitrogens with zero attached hydrogens (tertiary/aromatic N) is 2. The molecule has 1 heterocycles. The van der Waals surface area contributed by atoms with Gasteiger partial charge in [-0.25, -0.2) is 9.78 Å². The molecule has 1 aromatic heterocycles. The van der Waals surface area contributed by atoms with Crippen molar-refractivity contribution < 1.29 is 14.3 Å². The van der Waals surface area contributed by atoms with E-state index in [1.807, 2.05) is 0 Å². The van der Waals surface area contributed by atoms with E-state index in [0.717, 1.165) is 0 Å². The maximum atomic E-state index is 11.4. The number of aromatic amines is 1. The number of aromatic nitrogens is 3. The zero-order chi connectivity index (χ0) is 12.0. The van der Waals surface area contributed by atoms with Gasteiger partial charge in [0, 0.05) is 0 Å². The lowest BCUT2D eigenvalue weighted by atomic mass is 10.3. The monoisotopic (exact) mass is 227 g/mol. The molecule has 1 unspecified atom stereocenters. The lowest BCUT2D eigenvalue weighted by Gasteiger charge is -2.09. The van der Waals surface area contributed by atoms with Crippen molar-refractivity contribution in [2.45, 2.75) is 19.5 Å². The molecule has 1 rings (SSSR count). The fourth-order valence-corrected chi connectivity index (χ4v) is 0.936. The zero-order valence-corrected chi connectivity index (χ0v) is 8.77. The molecule has 8 heteroatoms. The number of hydrogen-bond acceptors (Lipinski definition) is 6. The van der Waals surface area contributed by atoms with E-state index in [-0.39, 0.29) is 13.2 Å². The molecule has 0 radical (unpaired) electrons. The van der Waals surface area contributed by atoms with Gasteiger partial charge in [-0.1, -0.05) is 0 Å². The number of esters is 1. The van der Waals surface area contributed by atoms with E-state index in [4.69, 9.17) is 5.73 Å². The summed E-state index contributed by atoms with van der Waals surface area (Å²) in [4.78, 5) is 26.2. The van der Waals surface area contributed by atoms with Crippen LogP contribution in [0.25, 0.3) is 0 Å². The van der Waals surface area contributed by atoms with E-state index in [2.05, 4.69) is 25.2 Å². The third kappa shape index (κ3) is 3.31. The molecule has 0 aliphatic rings. The topological polar surface area (TPSA) is 123 Å². The van der Waals surface area contributed by atoms with Gasteiger partial charge in [-0.3, -0.25) is 9.89 Å². The summed E-state index contributed by atoms with van der Waals surface area (Å²) in [6, 6.07) is -1.32.